The lowest BCUT2D eigenvalue weighted by Gasteiger charge is -2.26. The zero-order valence-electron chi connectivity index (χ0n) is 14.7. The molecule has 0 bridgehead atoms. The van der Waals surface area contributed by atoms with Crippen molar-refractivity contribution in [3.8, 4) is 5.75 Å². The molecule has 0 aliphatic heterocycles. The number of fused-ring (bicyclic) bond motifs is 1. The second kappa shape index (κ2) is 7.66. The maximum Gasteiger partial charge on any atom is 0.141 e. The number of ether oxygens (including phenoxy) is 1. The molecule has 1 heterocycles. The molecule has 1 fully saturated rings. The topological polar surface area (TPSA) is 73.1 Å². The van der Waals surface area contributed by atoms with Crippen LogP contribution < -0.4 is 15.8 Å². The number of nitrogens with two attached hydrogens (primary N) is 1. The molecule has 3 N–H and O–H groups in total. The third kappa shape index (κ3) is 4.12. The Morgan fingerprint density at radius 1 is 1.07 bits per heavy atom. The molecule has 1 aliphatic rings. The summed E-state index contributed by atoms with van der Waals surface area (Å²) < 4.78 is 19.5. The van der Waals surface area contributed by atoms with Gasteiger partial charge < -0.3 is 15.8 Å². The summed E-state index contributed by atoms with van der Waals surface area (Å²) in [5, 5.41) is 4.05. The van der Waals surface area contributed by atoms with E-state index in [9.17, 15) is 4.39 Å². The molecule has 0 unspecified atom stereocenters. The number of nitrogens with zero attached hydrogens (tertiary/aromatic N) is 2. The molecular weight excluding hydrogens is 367 g/mol. The summed E-state index contributed by atoms with van der Waals surface area (Å²) in [5.41, 5.74) is 7.40. The molecule has 7 heteroatoms. The third-order valence-corrected chi connectivity index (χ3v) is 5.10. The molecule has 1 saturated carbocycles. The van der Waals surface area contributed by atoms with E-state index in [1.54, 1.807) is 6.07 Å². The Kier molecular flexibility index (Phi) is 5.09. The number of halogens is 2. The monoisotopic (exact) mass is 386 g/mol. The number of hydrogen-bond acceptors (Lipinski definition) is 5. The van der Waals surface area contributed by atoms with Gasteiger partial charge in [-0.1, -0.05) is 11.6 Å². The van der Waals surface area contributed by atoms with Gasteiger partial charge in [0.25, 0.3) is 0 Å². The molecule has 1 aliphatic carbocycles. The minimum Gasteiger partial charge on any atom is -0.490 e. The Bertz CT molecular complexity index is 960. The molecule has 140 valence electrons. The van der Waals surface area contributed by atoms with Crippen LogP contribution in [0.2, 0.25) is 5.02 Å². The second-order valence-corrected chi connectivity index (χ2v) is 7.22. The van der Waals surface area contributed by atoms with Gasteiger partial charge in [0.2, 0.25) is 0 Å². The molecule has 0 saturated heterocycles. The van der Waals surface area contributed by atoms with Gasteiger partial charge in [-0.3, -0.25) is 0 Å². The van der Waals surface area contributed by atoms with Gasteiger partial charge in [-0.05, 0) is 62.1 Å². The van der Waals surface area contributed by atoms with Crippen molar-refractivity contribution in [2.24, 2.45) is 5.73 Å². The molecule has 1 aromatic heterocycles. The highest BCUT2D eigenvalue weighted by Crippen LogP contribution is 2.30. The first kappa shape index (κ1) is 17.9. The van der Waals surface area contributed by atoms with Crippen LogP contribution >= 0.6 is 11.6 Å². The summed E-state index contributed by atoms with van der Waals surface area (Å²) >= 11 is 5.87. The highest BCUT2D eigenvalue weighted by Gasteiger charge is 2.20. The largest absolute Gasteiger partial charge is 0.490 e. The van der Waals surface area contributed by atoms with Crippen molar-refractivity contribution in [3.05, 3.63) is 53.6 Å². The van der Waals surface area contributed by atoms with Crippen LogP contribution in [0.3, 0.4) is 0 Å². The van der Waals surface area contributed by atoms with Crippen LogP contribution in [0.25, 0.3) is 10.9 Å². The summed E-state index contributed by atoms with van der Waals surface area (Å²) in [7, 11) is 0. The summed E-state index contributed by atoms with van der Waals surface area (Å²) in [6, 6.07) is 10.5. The molecule has 3 aromatic rings. The van der Waals surface area contributed by atoms with E-state index < -0.39 is 5.82 Å². The summed E-state index contributed by atoms with van der Waals surface area (Å²) in [6.07, 6.45) is 5.56. The molecule has 0 atom stereocenters. The van der Waals surface area contributed by atoms with Crippen LogP contribution in [0.5, 0.6) is 5.75 Å². The average molecular weight is 387 g/mol. The number of nitrogens with one attached hydrogen (secondary N) is 1. The van der Waals surface area contributed by atoms with Gasteiger partial charge in [0, 0.05) is 17.1 Å². The fourth-order valence-corrected chi connectivity index (χ4v) is 3.50. The number of hydrogen-bond donors (Lipinski definition) is 2. The normalized spacial score (nSPS) is 19.8. The van der Waals surface area contributed by atoms with Gasteiger partial charge in [-0.2, -0.15) is 0 Å². The van der Waals surface area contributed by atoms with E-state index in [-0.39, 0.29) is 17.2 Å². The Morgan fingerprint density at radius 2 is 1.89 bits per heavy atom. The van der Waals surface area contributed by atoms with Crippen molar-refractivity contribution in [3.63, 3.8) is 0 Å². The number of anilines is 2. The molecule has 0 amide bonds. The Hall–Kier alpha value is -2.44. The molecule has 0 radical (unpaired) electrons. The maximum absolute atomic E-state index is 13.4. The summed E-state index contributed by atoms with van der Waals surface area (Å²) in [4.78, 5) is 8.62. The van der Waals surface area contributed by atoms with Crippen molar-refractivity contribution < 1.29 is 9.13 Å². The van der Waals surface area contributed by atoms with Crippen molar-refractivity contribution in [2.45, 2.75) is 37.8 Å². The van der Waals surface area contributed by atoms with E-state index in [1.807, 2.05) is 18.2 Å². The predicted octanol–water partition coefficient (Wildman–Crippen LogP) is 4.81. The van der Waals surface area contributed by atoms with E-state index in [2.05, 4.69) is 15.3 Å². The molecule has 27 heavy (non-hydrogen) atoms. The first-order valence-corrected chi connectivity index (χ1v) is 9.35. The van der Waals surface area contributed by atoms with Crippen LogP contribution in [-0.4, -0.2) is 22.1 Å². The highest BCUT2D eigenvalue weighted by molar-refractivity contribution is 6.31. The van der Waals surface area contributed by atoms with Crippen LogP contribution in [0, 0.1) is 5.82 Å². The van der Waals surface area contributed by atoms with Gasteiger partial charge in [0.15, 0.2) is 0 Å². The first-order valence-electron chi connectivity index (χ1n) is 8.97. The van der Waals surface area contributed by atoms with Crippen molar-refractivity contribution in [1.29, 1.82) is 0 Å². The Balaban J connectivity index is 1.60. The number of benzene rings is 2. The summed E-state index contributed by atoms with van der Waals surface area (Å²) in [5.74, 6) is 0.925. The average Bonchev–Trinajstić information content (AvgIpc) is 2.67. The van der Waals surface area contributed by atoms with Gasteiger partial charge >= 0.3 is 0 Å². The van der Waals surface area contributed by atoms with Crippen molar-refractivity contribution in [1.82, 2.24) is 9.97 Å². The lowest BCUT2D eigenvalue weighted by molar-refractivity contribution is 0.147. The lowest BCUT2D eigenvalue weighted by Crippen LogP contribution is -2.31. The maximum atomic E-state index is 13.4. The van der Waals surface area contributed by atoms with E-state index in [4.69, 9.17) is 22.1 Å². The SMILES string of the molecule is NC1CCC(Oc2ccc3ncnc(Nc4ccc(F)c(Cl)c4)c3c2)CC1. The second-order valence-electron chi connectivity index (χ2n) is 6.81. The van der Waals surface area contributed by atoms with E-state index in [1.165, 1.54) is 18.5 Å². The smallest absolute Gasteiger partial charge is 0.141 e. The van der Waals surface area contributed by atoms with Crippen LogP contribution in [0.15, 0.2) is 42.7 Å². The van der Waals surface area contributed by atoms with Crippen molar-refractivity contribution in [2.75, 3.05) is 5.32 Å². The number of aromatic nitrogens is 2. The van der Waals surface area contributed by atoms with E-state index >= 15 is 0 Å². The predicted molar refractivity (Wildman–Crippen MR) is 105 cm³/mol. The van der Waals surface area contributed by atoms with E-state index in [0.29, 0.717) is 11.5 Å². The molecule has 5 nitrogen and oxygen atoms in total. The van der Waals surface area contributed by atoms with Crippen molar-refractivity contribution >= 4 is 34.0 Å². The molecule has 2 aromatic carbocycles. The zero-order chi connectivity index (χ0) is 18.8. The van der Waals surface area contributed by atoms with Crippen LogP contribution in [0.4, 0.5) is 15.9 Å². The molecule has 4 rings (SSSR count). The molecular formula is C20H20ClFN4O. The van der Waals surface area contributed by atoms with Gasteiger partial charge in [-0.15, -0.1) is 0 Å². The van der Waals surface area contributed by atoms with Gasteiger partial charge in [0.1, 0.15) is 23.7 Å². The van der Waals surface area contributed by atoms with E-state index in [0.717, 1.165) is 42.3 Å². The Labute approximate surface area is 161 Å². The number of rotatable bonds is 4. The van der Waals surface area contributed by atoms with Crippen LogP contribution in [0.1, 0.15) is 25.7 Å². The highest BCUT2D eigenvalue weighted by atomic mass is 35.5. The third-order valence-electron chi connectivity index (χ3n) is 4.81. The minimum atomic E-state index is -0.461. The molecule has 0 spiro atoms. The fourth-order valence-electron chi connectivity index (χ4n) is 3.32. The zero-order valence-corrected chi connectivity index (χ0v) is 15.4. The fraction of sp³-hybridized carbons (Fsp3) is 0.300. The van der Waals surface area contributed by atoms with Gasteiger partial charge in [-0.25, -0.2) is 14.4 Å². The van der Waals surface area contributed by atoms with Gasteiger partial charge in [0.05, 0.1) is 16.6 Å². The summed E-state index contributed by atoms with van der Waals surface area (Å²) in [6.45, 7) is 0. The van der Waals surface area contributed by atoms with Crippen LogP contribution in [-0.2, 0) is 0 Å². The standard InChI is InChI=1S/C20H20ClFN4O/c21-17-9-13(3-7-18(17)22)26-20-16-10-15(6-8-19(16)24-11-25-20)27-14-4-1-12(23)2-5-14/h3,6-12,14H,1-2,4-5,23H2,(H,24,25,26). The minimum absolute atomic E-state index is 0.0536. The first-order chi connectivity index (χ1) is 13.1. The Morgan fingerprint density at radius 3 is 2.67 bits per heavy atom. The lowest BCUT2D eigenvalue weighted by atomic mass is 9.94. The quantitative estimate of drug-likeness (QED) is 0.672.